The minimum atomic E-state index is -0.371. The lowest BCUT2D eigenvalue weighted by atomic mass is 9.86. The fourth-order valence-corrected chi connectivity index (χ4v) is 2.93. The van der Waals surface area contributed by atoms with Crippen LogP contribution in [0.25, 0.3) is 0 Å². The number of anilines is 2. The first-order chi connectivity index (χ1) is 13.3. The van der Waals surface area contributed by atoms with Gasteiger partial charge in [0.05, 0.1) is 0 Å². The molecule has 28 heavy (non-hydrogen) atoms. The van der Waals surface area contributed by atoms with Crippen LogP contribution in [0.2, 0.25) is 0 Å². The van der Waals surface area contributed by atoms with Crippen LogP contribution in [0.5, 0.6) is 11.6 Å². The van der Waals surface area contributed by atoms with Crippen molar-refractivity contribution in [2.75, 3.05) is 10.6 Å². The number of ether oxygens (including phenoxy) is 1. The van der Waals surface area contributed by atoms with Gasteiger partial charge in [-0.3, -0.25) is 0 Å². The summed E-state index contributed by atoms with van der Waals surface area (Å²) in [5.74, 6) is 1.05. The van der Waals surface area contributed by atoms with Crippen LogP contribution in [0.15, 0.2) is 71.3 Å². The molecule has 0 aliphatic rings. The molecule has 0 fully saturated rings. The van der Waals surface area contributed by atoms with Gasteiger partial charge in [-0.05, 0) is 47.9 Å². The summed E-state index contributed by atoms with van der Waals surface area (Å²) in [6, 6.07) is 18.3. The molecule has 0 radical (unpaired) electrons. The number of carbonyl (C=O) groups excluding carboxylic acids is 1. The second-order valence-corrected chi connectivity index (χ2v) is 8.21. The molecule has 0 saturated heterocycles. The van der Waals surface area contributed by atoms with E-state index in [1.807, 2.05) is 48.5 Å². The van der Waals surface area contributed by atoms with Crippen LogP contribution < -0.4 is 15.4 Å². The SMILES string of the molecule is CC(C)(C)c1ccccc1Oc1ncccc1NC(=O)Nc1ccc(Br)cc1. The van der Waals surface area contributed by atoms with E-state index in [4.69, 9.17) is 4.74 Å². The second kappa shape index (κ2) is 8.44. The van der Waals surface area contributed by atoms with Gasteiger partial charge in [0, 0.05) is 21.9 Å². The second-order valence-electron chi connectivity index (χ2n) is 7.29. The smallest absolute Gasteiger partial charge is 0.323 e. The van der Waals surface area contributed by atoms with Crippen molar-refractivity contribution in [3.8, 4) is 11.6 Å². The molecule has 0 saturated carbocycles. The summed E-state index contributed by atoms with van der Waals surface area (Å²) in [5, 5.41) is 5.59. The van der Waals surface area contributed by atoms with Crippen molar-refractivity contribution < 1.29 is 9.53 Å². The van der Waals surface area contributed by atoms with Gasteiger partial charge in [0.1, 0.15) is 11.4 Å². The zero-order valence-corrected chi connectivity index (χ0v) is 17.6. The number of nitrogens with one attached hydrogen (secondary N) is 2. The summed E-state index contributed by atoms with van der Waals surface area (Å²) in [7, 11) is 0. The number of hydrogen-bond acceptors (Lipinski definition) is 3. The van der Waals surface area contributed by atoms with Gasteiger partial charge < -0.3 is 15.4 Å². The Morgan fingerprint density at radius 1 is 0.964 bits per heavy atom. The summed E-state index contributed by atoms with van der Waals surface area (Å²) in [6.07, 6.45) is 1.63. The third-order valence-corrected chi connectivity index (χ3v) is 4.55. The fraction of sp³-hybridized carbons (Fsp3) is 0.182. The van der Waals surface area contributed by atoms with E-state index < -0.39 is 0 Å². The van der Waals surface area contributed by atoms with Gasteiger partial charge in [-0.1, -0.05) is 54.9 Å². The van der Waals surface area contributed by atoms with Gasteiger partial charge in [-0.2, -0.15) is 0 Å². The number of urea groups is 1. The van der Waals surface area contributed by atoms with Gasteiger partial charge >= 0.3 is 6.03 Å². The minimum Gasteiger partial charge on any atom is -0.437 e. The standard InChI is InChI=1S/C22H22BrN3O2/c1-22(2,3)17-7-4-5-9-19(17)28-20-18(8-6-14-24-20)26-21(27)25-16-12-10-15(23)11-13-16/h4-14H,1-3H3,(H2,25,26,27). The molecule has 2 aromatic carbocycles. The van der Waals surface area contributed by atoms with E-state index in [1.165, 1.54) is 0 Å². The molecule has 144 valence electrons. The van der Waals surface area contributed by atoms with Gasteiger partial charge in [0.15, 0.2) is 0 Å². The highest BCUT2D eigenvalue weighted by Gasteiger charge is 2.20. The molecule has 0 aliphatic carbocycles. The lowest BCUT2D eigenvalue weighted by molar-refractivity contribution is 0.262. The Balaban J connectivity index is 1.79. The Morgan fingerprint density at radius 2 is 1.68 bits per heavy atom. The average molecular weight is 440 g/mol. The van der Waals surface area contributed by atoms with E-state index in [0.717, 1.165) is 10.0 Å². The zero-order valence-electron chi connectivity index (χ0n) is 16.0. The van der Waals surface area contributed by atoms with Crippen molar-refractivity contribution in [2.45, 2.75) is 26.2 Å². The lowest BCUT2D eigenvalue weighted by Crippen LogP contribution is -2.20. The number of hydrogen-bond donors (Lipinski definition) is 2. The molecule has 1 aromatic heterocycles. The zero-order chi connectivity index (χ0) is 20.1. The first-order valence-corrected chi connectivity index (χ1v) is 9.68. The first-order valence-electron chi connectivity index (χ1n) is 8.89. The van der Waals surface area contributed by atoms with E-state index in [-0.39, 0.29) is 11.4 Å². The van der Waals surface area contributed by atoms with Crippen LogP contribution >= 0.6 is 15.9 Å². The van der Waals surface area contributed by atoms with Crippen LogP contribution in [0.4, 0.5) is 16.2 Å². The Bertz CT molecular complexity index is 966. The minimum absolute atomic E-state index is 0.0854. The molecule has 0 bridgehead atoms. The fourth-order valence-electron chi connectivity index (χ4n) is 2.66. The Morgan fingerprint density at radius 3 is 2.39 bits per heavy atom. The molecule has 3 rings (SSSR count). The first kappa shape index (κ1) is 19.9. The lowest BCUT2D eigenvalue weighted by Gasteiger charge is -2.22. The number of pyridine rings is 1. The molecule has 1 heterocycles. The van der Waals surface area contributed by atoms with Crippen molar-refractivity contribution in [1.29, 1.82) is 0 Å². The molecular formula is C22H22BrN3O2. The van der Waals surface area contributed by atoms with E-state index in [2.05, 4.69) is 52.3 Å². The molecule has 2 amide bonds. The topological polar surface area (TPSA) is 63.2 Å². The number of aromatic nitrogens is 1. The third kappa shape index (κ3) is 5.10. The van der Waals surface area contributed by atoms with Crippen LogP contribution in [-0.2, 0) is 5.41 Å². The monoisotopic (exact) mass is 439 g/mol. The maximum atomic E-state index is 12.4. The number of amides is 2. The van der Waals surface area contributed by atoms with E-state index >= 15 is 0 Å². The number of rotatable bonds is 4. The maximum Gasteiger partial charge on any atom is 0.323 e. The predicted octanol–water partition coefficient (Wildman–Crippen LogP) is 6.58. The highest BCUT2D eigenvalue weighted by atomic mass is 79.9. The summed E-state index contributed by atoms with van der Waals surface area (Å²) in [4.78, 5) is 16.7. The van der Waals surface area contributed by atoms with Gasteiger partial charge in [0.2, 0.25) is 5.88 Å². The van der Waals surface area contributed by atoms with Crippen LogP contribution in [-0.4, -0.2) is 11.0 Å². The largest absolute Gasteiger partial charge is 0.437 e. The normalized spacial score (nSPS) is 11.0. The predicted molar refractivity (Wildman–Crippen MR) is 116 cm³/mol. The average Bonchev–Trinajstić information content (AvgIpc) is 2.65. The van der Waals surface area contributed by atoms with Gasteiger partial charge in [0.25, 0.3) is 0 Å². The summed E-state index contributed by atoms with van der Waals surface area (Å²) in [5.41, 5.74) is 2.15. The number of nitrogens with zero attached hydrogens (tertiary/aromatic N) is 1. The maximum absolute atomic E-state index is 12.4. The van der Waals surface area contributed by atoms with Crippen molar-refractivity contribution >= 4 is 33.3 Å². The Hall–Kier alpha value is -2.86. The third-order valence-electron chi connectivity index (χ3n) is 4.02. The van der Waals surface area contributed by atoms with Crippen molar-refractivity contribution in [2.24, 2.45) is 0 Å². The van der Waals surface area contributed by atoms with E-state index in [1.54, 1.807) is 18.3 Å². The number of para-hydroxylation sites is 1. The Labute approximate surface area is 173 Å². The number of benzene rings is 2. The van der Waals surface area contributed by atoms with E-state index in [0.29, 0.717) is 23.0 Å². The van der Waals surface area contributed by atoms with Gasteiger partial charge in [-0.15, -0.1) is 0 Å². The van der Waals surface area contributed by atoms with Crippen molar-refractivity contribution in [3.63, 3.8) is 0 Å². The molecule has 2 N–H and O–H groups in total. The molecule has 0 aliphatic heterocycles. The van der Waals surface area contributed by atoms with E-state index in [9.17, 15) is 4.79 Å². The van der Waals surface area contributed by atoms with Crippen LogP contribution in [0.3, 0.4) is 0 Å². The molecule has 0 unspecified atom stereocenters. The number of carbonyl (C=O) groups is 1. The summed E-state index contributed by atoms with van der Waals surface area (Å²) >= 11 is 3.37. The molecule has 3 aromatic rings. The van der Waals surface area contributed by atoms with Crippen molar-refractivity contribution in [3.05, 3.63) is 76.9 Å². The molecule has 5 nitrogen and oxygen atoms in total. The molecule has 6 heteroatoms. The molecular weight excluding hydrogens is 418 g/mol. The van der Waals surface area contributed by atoms with Crippen molar-refractivity contribution in [1.82, 2.24) is 4.98 Å². The summed E-state index contributed by atoms with van der Waals surface area (Å²) < 4.78 is 7.02. The quantitative estimate of drug-likeness (QED) is 0.482. The molecule has 0 atom stereocenters. The van der Waals surface area contributed by atoms with Crippen LogP contribution in [0.1, 0.15) is 26.3 Å². The Kier molecular flexibility index (Phi) is 5.99. The molecule has 0 spiro atoms. The summed E-state index contributed by atoms with van der Waals surface area (Å²) in [6.45, 7) is 6.37. The number of halogens is 1. The van der Waals surface area contributed by atoms with Gasteiger partial charge in [-0.25, -0.2) is 9.78 Å². The highest BCUT2D eigenvalue weighted by molar-refractivity contribution is 9.10. The highest BCUT2D eigenvalue weighted by Crippen LogP contribution is 2.35. The van der Waals surface area contributed by atoms with Crippen LogP contribution in [0, 0.1) is 0 Å².